The number of nitrogens with zero attached hydrogens (tertiary/aromatic N) is 2. The van der Waals surface area contributed by atoms with Gasteiger partial charge in [0.1, 0.15) is 10.8 Å². The first-order valence-corrected chi connectivity index (χ1v) is 7.33. The highest BCUT2D eigenvalue weighted by atomic mass is 32.1. The number of nitrogens with one attached hydrogen (secondary N) is 1. The molecule has 0 aliphatic rings. The lowest BCUT2D eigenvalue weighted by Gasteiger charge is -2.09. The fraction of sp³-hybridized carbons (Fsp3) is 0.200. The van der Waals surface area contributed by atoms with Crippen molar-refractivity contribution in [3.8, 4) is 10.7 Å². The predicted molar refractivity (Wildman–Crippen MR) is 79.3 cm³/mol. The molecule has 0 fully saturated rings. The molecule has 0 aliphatic carbocycles. The summed E-state index contributed by atoms with van der Waals surface area (Å²) in [5.74, 6) is 0.935. The second kappa shape index (κ2) is 5.98. The van der Waals surface area contributed by atoms with Gasteiger partial charge in [-0.2, -0.15) is 0 Å². The minimum absolute atomic E-state index is 0.171. The van der Waals surface area contributed by atoms with Crippen molar-refractivity contribution in [2.24, 2.45) is 0 Å². The van der Waals surface area contributed by atoms with E-state index >= 15 is 0 Å². The summed E-state index contributed by atoms with van der Waals surface area (Å²) in [5.41, 5.74) is 1.94. The number of thiazole rings is 1. The zero-order chi connectivity index (χ0) is 13.8. The highest BCUT2D eigenvalue weighted by Crippen LogP contribution is 2.21. The highest BCUT2D eigenvalue weighted by Gasteiger charge is 2.09. The summed E-state index contributed by atoms with van der Waals surface area (Å²) in [5, 5.41) is 6.41. The van der Waals surface area contributed by atoms with Crippen molar-refractivity contribution in [3.63, 3.8) is 0 Å². The Morgan fingerprint density at radius 2 is 2.25 bits per heavy atom. The molecule has 3 aromatic rings. The molecule has 3 rings (SSSR count). The molecule has 1 atom stereocenters. The number of rotatable bonds is 5. The van der Waals surface area contributed by atoms with Gasteiger partial charge in [-0.25, -0.2) is 4.98 Å². The van der Waals surface area contributed by atoms with Crippen molar-refractivity contribution in [1.82, 2.24) is 15.3 Å². The summed E-state index contributed by atoms with van der Waals surface area (Å²) in [6.45, 7) is 2.79. The number of aromatic nitrogens is 2. The SMILES string of the molecule is C[C@H](NCc1csc(-c2ccccn2)n1)c1ccco1. The van der Waals surface area contributed by atoms with Crippen LogP contribution in [0.4, 0.5) is 0 Å². The summed E-state index contributed by atoms with van der Waals surface area (Å²) in [4.78, 5) is 8.91. The third-order valence-corrected chi connectivity index (χ3v) is 3.91. The third-order valence-electron chi connectivity index (χ3n) is 3.00. The Morgan fingerprint density at radius 1 is 1.30 bits per heavy atom. The van der Waals surface area contributed by atoms with Crippen LogP contribution in [-0.2, 0) is 6.54 Å². The lowest BCUT2D eigenvalue weighted by atomic mass is 10.2. The van der Waals surface area contributed by atoms with Crippen molar-refractivity contribution in [1.29, 1.82) is 0 Å². The zero-order valence-corrected chi connectivity index (χ0v) is 11.9. The van der Waals surface area contributed by atoms with Crippen LogP contribution in [0.15, 0.2) is 52.6 Å². The maximum Gasteiger partial charge on any atom is 0.142 e. The largest absolute Gasteiger partial charge is 0.468 e. The van der Waals surface area contributed by atoms with Gasteiger partial charge >= 0.3 is 0 Å². The van der Waals surface area contributed by atoms with Gasteiger partial charge < -0.3 is 9.73 Å². The normalized spacial score (nSPS) is 12.4. The second-order valence-electron chi connectivity index (χ2n) is 4.48. The van der Waals surface area contributed by atoms with Gasteiger partial charge in [-0.1, -0.05) is 6.07 Å². The first-order chi connectivity index (χ1) is 9.83. The van der Waals surface area contributed by atoms with E-state index in [2.05, 4.69) is 27.6 Å². The fourth-order valence-electron chi connectivity index (χ4n) is 1.89. The summed E-state index contributed by atoms with van der Waals surface area (Å²) >= 11 is 1.61. The van der Waals surface area contributed by atoms with Crippen LogP contribution < -0.4 is 5.32 Å². The second-order valence-corrected chi connectivity index (χ2v) is 5.34. The molecule has 1 N–H and O–H groups in total. The number of furan rings is 1. The van der Waals surface area contributed by atoms with Gasteiger partial charge in [0.25, 0.3) is 0 Å². The molecule has 0 saturated heterocycles. The molecule has 0 radical (unpaired) electrons. The van der Waals surface area contributed by atoms with Crippen molar-refractivity contribution in [2.75, 3.05) is 0 Å². The Kier molecular flexibility index (Phi) is 3.90. The highest BCUT2D eigenvalue weighted by molar-refractivity contribution is 7.13. The summed E-state index contributed by atoms with van der Waals surface area (Å²) < 4.78 is 5.37. The van der Waals surface area contributed by atoms with Crippen molar-refractivity contribution in [3.05, 3.63) is 59.6 Å². The van der Waals surface area contributed by atoms with E-state index in [1.807, 2.05) is 30.3 Å². The summed E-state index contributed by atoms with van der Waals surface area (Å²) in [7, 11) is 0. The molecule has 20 heavy (non-hydrogen) atoms. The molecule has 0 aromatic carbocycles. The molecular weight excluding hydrogens is 270 g/mol. The van der Waals surface area contributed by atoms with E-state index < -0.39 is 0 Å². The van der Waals surface area contributed by atoms with Gasteiger partial charge in [0.15, 0.2) is 0 Å². The van der Waals surface area contributed by atoms with Crippen LogP contribution in [0.2, 0.25) is 0 Å². The van der Waals surface area contributed by atoms with Crippen LogP contribution in [0, 0.1) is 0 Å². The molecule has 0 amide bonds. The molecule has 0 spiro atoms. The average molecular weight is 285 g/mol. The Bertz CT molecular complexity index is 649. The van der Waals surface area contributed by atoms with Crippen molar-refractivity contribution >= 4 is 11.3 Å². The van der Waals surface area contributed by atoms with E-state index in [0.717, 1.165) is 22.2 Å². The van der Waals surface area contributed by atoms with E-state index in [-0.39, 0.29) is 6.04 Å². The van der Waals surface area contributed by atoms with Crippen LogP contribution in [0.1, 0.15) is 24.4 Å². The Labute approximate surface area is 121 Å². The quantitative estimate of drug-likeness (QED) is 0.777. The van der Waals surface area contributed by atoms with E-state index in [1.165, 1.54) is 0 Å². The molecule has 0 unspecified atom stereocenters. The molecule has 5 heteroatoms. The van der Waals surface area contributed by atoms with Gasteiger partial charge in [-0.05, 0) is 31.2 Å². The fourth-order valence-corrected chi connectivity index (χ4v) is 2.69. The smallest absolute Gasteiger partial charge is 0.142 e. The molecule has 0 aliphatic heterocycles. The monoisotopic (exact) mass is 285 g/mol. The Balaban J connectivity index is 1.63. The first-order valence-electron chi connectivity index (χ1n) is 6.45. The van der Waals surface area contributed by atoms with Crippen molar-refractivity contribution in [2.45, 2.75) is 19.5 Å². The number of pyridine rings is 1. The van der Waals surface area contributed by atoms with E-state index in [0.29, 0.717) is 6.54 Å². The summed E-state index contributed by atoms with van der Waals surface area (Å²) in [6, 6.07) is 9.89. The molecule has 3 aromatic heterocycles. The summed E-state index contributed by atoms with van der Waals surface area (Å²) in [6.07, 6.45) is 3.48. The minimum atomic E-state index is 0.171. The van der Waals surface area contributed by atoms with Gasteiger partial charge in [0, 0.05) is 18.1 Å². The zero-order valence-electron chi connectivity index (χ0n) is 11.1. The molecule has 0 bridgehead atoms. The molecule has 102 valence electrons. The lowest BCUT2D eigenvalue weighted by molar-refractivity contribution is 0.429. The Morgan fingerprint density at radius 3 is 3.00 bits per heavy atom. The molecule has 3 heterocycles. The maximum absolute atomic E-state index is 5.37. The average Bonchev–Trinajstić information content (AvgIpc) is 3.17. The standard InChI is InChI=1S/C15H15N3OS/c1-11(14-6-4-8-19-14)17-9-12-10-20-15(18-12)13-5-2-3-7-16-13/h2-8,10-11,17H,9H2,1H3/t11-/m0/s1. The first kappa shape index (κ1) is 13.0. The van der Waals surface area contributed by atoms with Crippen LogP contribution >= 0.6 is 11.3 Å². The number of hydrogen-bond acceptors (Lipinski definition) is 5. The van der Waals surface area contributed by atoms with Gasteiger partial charge in [-0.15, -0.1) is 11.3 Å². The minimum Gasteiger partial charge on any atom is -0.468 e. The predicted octanol–water partition coefficient (Wildman–Crippen LogP) is 3.65. The van der Waals surface area contributed by atoms with Crippen LogP contribution in [0.25, 0.3) is 10.7 Å². The molecule has 0 saturated carbocycles. The maximum atomic E-state index is 5.37. The molecule has 4 nitrogen and oxygen atoms in total. The Hall–Kier alpha value is -1.98. The van der Waals surface area contributed by atoms with Gasteiger partial charge in [-0.3, -0.25) is 4.98 Å². The van der Waals surface area contributed by atoms with Gasteiger partial charge in [0.2, 0.25) is 0 Å². The van der Waals surface area contributed by atoms with Crippen LogP contribution in [-0.4, -0.2) is 9.97 Å². The molecular formula is C15H15N3OS. The van der Waals surface area contributed by atoms with Gasteiger partial charge in [0.05, 0.1) is 23.7 Å². The third kappa shape index (κ3) is 2.95. The van der Waals surface area contributed by atoms with Crippen molar-refractivity contribution < 1.29 is 4.42 Å². The van der Waals surface area contributed by atoms with Crippen LogP contribution in [0.5, 0.6) is 0 Å². The lowest BCUT2D eigenvalue weighted by Crippen LogP contribution is -2.17. The van der Waals surface area contributed by atoms with Crippen LogP contribution in [0.3, 0.4) is 0 Å². The van der Waals surface area contributed by atoms with E-state index in [1.54, 1.807) is 23.8 Å². The topological polar surface area (TPSA) is 51.0 Å². The van der Waals surface area contributed by atoms with E-state index in [4.69, 9.17) is 4.42 Å². The van der Waals surface area contributed by atoms with E-state index in [9.17, 15) is 0 Å². The number of hydrogen-bond donors (Lipinski definition) is 1.